The van der Waals surface area contributed by atoms with E-state index >= 15 is 0 Å². The predicted molar refractivity (Wildman–Crippen MR) is 101 cm³/mol. The highest BCUT2D eigenvalue weighted by Crippen LogP contribution is 2.36. The molecule has 0 rings (SSSR count). The fourth-order valence-electron chi connectivity index (χ4n) is 1.17. The Labute approximate surface area is 157 Å². The van der Waals surface area contributed by atoms with Crippen molar-refractivity contribution in [1.82, 2.24) is 5.32 Å². The van der Waals surface area contributed by atoms with Gasteiger partial charge in [-0.2, -0.15) is 18.2 Å². The molecule has 26 heavy (non-hydrogen) atoms. The van der Waals surface area contributed by atoms with Crippen LogP contribution in [0, 0.1) is 11.8 Å². The monoisotopic (exact) mass is 409 g/mol. The van der Waals surface area contributed by atoms with Gasteiger partial charge in [-0.05, 0) is 43.4 Å². The summed E-state index contributed by atoms with van der Waals surface area (Å²) in [6.45, 7) is 14.9. The van der Waals surface area contributed by atoms with E-state index in [1.807, 2.05) is 13.1 Å². The van der Waals surface area contributed by atoms with Gasteiger partial charge in [0.25, 0.3) is 0 Å². The second-order valence-electron chi connectivity index (χ2n) is 6.82. The van der Waals surface area contributed by atoms with Gasteiger partial charge in [0.2, 0.25) is 5.29 Å². The highest BCUT2D eigenvalue weighted by molar-refractivity contribution is 6.74. The van der Waals surface area contributed by atoms with Gasteiger partial charge in [0, 0.05) is 5.57 Å². The number of amides is 1. The van der Waals surface area contributed by atoms with Crippen molar-refractivity contribution in [3.8, 4) is 11.8 Å². The normalized spacial score (nSPS) is 14.2. The molecule has 10 heteroatoms. The van der Waals surface area contributed by atoms with Gasteiger partial charge in [0.15, 0.2) is 8.32 Å². The Bertz CT molecular complexity index is 669. The molecule has 146 valence electrons. The molecule has 0 atom stereocenters. The first-order valence-corrected chi connectivity index (χ1v) is 10.8. The number of hydrogen-bond acceptors (Lipinski definition) is 3. The molecule has 0 aliphatic heterocycles. The molecule has 0 heterocycles. The summed E-state index contributed by atoms with van der Waals surface area (Å²) >= 11 is 5.56. The molecule has 0 saturated heterocycles. The molecular formula is C16H23ClF3N3O2Si. The summed E-state index contributed by atoms with van der Waals surface area (Å²) in [5.74, 6) is 2.68. The Hall–Kier alpha value is -1.63. The minimum atomic E-state index is -5.08. The van der Waals surface area contributed by atoms with Crippen LogP contribution in [0.1, 0.15) is 27.7 Å². The van der Waals surface area contributed by atoms with E-state index in [-0.39, 0.29) is 17.2 Å². The molecule has 0 radical (unpaired) electrons. The van der Waals surface area contributed by atoms with Crippen molar-refractivity contribution < 1.29 is 22.4 Å². The lowest BCUT2D eigenvalue weighted by Gasteiger charge is -2.35. The van der Waals surface area contributed by atoms with Crippen LogP contribution >= 0.6 is 11.6 Å². The van der Waals surface area contributed by atoms with Crippen LogP contribution in [-0.4, -0.2) is 39.0 Å². The zero-order valence-corrected chi connectivity index (χ0v) is 17.4. The van der Waals surface area contributed by atoms with Crippen LogP contribution < -0.4 is 5.32 Å². The first-order valence-electron chi connectivity index (χ1n) is 7.54. The minimum absolute atomic E-state index is 0.00113. The summed E-state index contributed by atoms with van der Waals surface area (Å²) in [4.78, 5) is 18.0. The first-order chi connectivity index (χ1) is 11.6. The zero-order chi connectivity index (χ0) is 20.8. The lowest BCUT2D eigenvalue weighted by Crippen LogP contribution is -2.40. The van der Waals surface area contributed by atoms with Crippen LogP contribution in [0.3, 0.4) is 0 Å². The summed E-state index contributed by atoms with van der Waals surface area (Å²) in [5.41, 5.74) is 0.0724. The van der Waals surface area contributed by atoms with Crippen molar-refractivity contribution in [3.05, 3.63) is 11.4 Å². The van der Waals surface area contributed by atoms with Gasteiger partial charge in [0.1, 0.15) is 5.82 Å². The van der Waals surface area contributed by atoms with E-state index in [2.05, 4.69) is 49.3 Å². The Morgan fingerprint density at radius 3 is 2.27 bits per heavy atom. The molecule has 0 fully saturated rings. The van der Waals surface area contributed by atoms with Gasteiger partial charge >= 0.3 is 12.1 Å². The SMILES string of the molecule is C=NC(Cl)=N/C(NC(=O)C(F)(F)F)=C(\C)C#CCO[Si](C)(C)C(C)(C)C. The second-order valence-corrected chi connectivity index (χ2v) is 12.0. The van der Waals surface area contributed by atoms with E-state index in [4.69, 9.17) is 16.0 Å². The van der Waals surface area contributed by atoms with Gasteiger partial charge in [-0.15, -0.1) is 0 Å². The topological polar surface area (TPSA) is 63.0 Å². The summed E-state index contributed by atoms with van der Waals surface area (Å²) in [6, 6.07) is 0. The van der Waals surface area contributed by atoms with Gasteiger partial charge in [-0.25, -0.2) is 4.99 Å². The smallest absolute Gasteiger partial charge is 0.406 e. The van der Waals surface area contributed by atoms with E-state index in [0.717, 1.165) is 0 Å². The number of alkyl halides is 3. The third kappa shape index (κ3) is 8.16. The molecule has 1 N–H and O–H groups in total. The third-order valence-corrected chi connectivity index (χ3v) is 8.45. The molecule has 0 aliphatic carbocycles. The molecule has 1 amide bonds. The van der Waals surface area contributed by atoms with Crippen molar-refractivity contribution in [1.29, 1.82) is 0 Å². The molecule has 0 saturated carbocycles. The van der Waals surface area contributed by atoms with Crippen LogP contribution in [0.4, 0.5) is 13.2 Å². The fraction of sp³-hybridized carbons (Fsp3) is 0.562. The number of allylic oxidation sites excluding steroid dienone is 1. The molecule has 5 nitrogen and oxygen atoms in total. The molecular weight excluding hydrogens is 387 g/mol. The van der Waals surface area contributed by atoms with Gasteiger partial charge in [0.05, 0.1) is 6.61 Å². The number of rotatable bonds is 4. The number of halogens is 4. The van der Waals surface area contributed by atoms with Crippen LogP contribution in [0.15, 0.2) is 21.4 Å². The second kappa shape index (κ2) is 9.35. The van der Waals surface area contributed by atoms with Crippen LogP contribution in [-0.2, 0) is 9.22 Å². The van der Waals surface area contributed by atoms with E-state index in [1.165, 1.54) is 6.92 Å². The molecule has 0 unspecified atom stereocenters. The molecule has 0 aromatic carbocycles. The highest BCUT2D eigenvalue weighted by Gasteiger charge is 2.39. The van der Waals surface area contributed by atoms with Gasteiger partial charge in [-0.3, -0.25) is 4.79 Å². The Kier molecular flexibility index (Phi) is 8.76. The number of carbonyl (C=O) groups is 1. The van der Waals surface area contributed by atoms with Gasteiger partial charge in [-0.1, -0.05) is 32.6 Å². The lowest BCUT2D eigenvalue weighted by atomic mass is 10.2. The fourth-order valence-corrected chi connectivity index (χ4v) is 2.12. The number of carbonyl (C=O) groups excluding carboxylic acids is 1. The Morgan fingerprint density at radius 1 is 1.31 bits per heavy atom. The Morgan fingerprint density at radius 2 is 1.85 bits per heavy atom. The number of nitrogens with zero attached hydrogens (tertiary/aromatic N) is 2. The van der Waals surface area contributed by atoms with E-state index in [0.29, 0.717) is 0 Å². The standard InChI is InChI=1S/C16H23ClF3N3O2Si/c1-11(9-8-10-25-26(6,7)15(2,3)4)12(23-14(17)21-5)22-13(24)16(18,19)20/h5,10H2,1-4,6-7H3,(H,22,24)/b12-11+,23-14?. The number of amidine groups is 1. The van der Waals surface area contributed by atoms with Gasteiger partial charge < -0.3 is 9.74 Å². The lowest BCUT2D eigenvalue weighted by molar-refractivity contribution is -0.172. The molecule has 0 bridgehead atoms. The van der Waals surface area contributed by atoms with E-state index in [9.17, 15) is 18.0 Å². The number of aliphatic imine (C=N–C) groups is 2. The third-order valence-electron chi connectivity index (χ3n) is 3.77. The van der Waals surface area contributed by atoms with Crippen LogP contribution in [0.2, 0.25) is 18.1 Å². The summed E-state index contributed by atoms with van der Waals surface area (Å²) in [7, 11) is -2.00. The van der Waals surface area contributed by atoms with Crippen molar-refractivity contribution in [2.45, 2.75) is 52.0 Å². The average Bonchev–Trinajstić information content (AvgIpc) is 2.48. The average molecular weight is 410 g/mol. The molecule has 0 aromatic rings. The molecule has 0 aromatic heterocycles. The van der Waals surface area contributed by atoms with Crippen molar-refractivity contribution in [2.24, 2.45) is 9.98 Å². The summed E-state index contributed by atoms with van der Waals surface area (Å²) in [6.07, 6.45) is -5.08. The van der Waals surface area contributed by atoms with Crippen molar-refractivity contribution in [3.63, 3.8) is 0 Å². The molecule has 0 spiro atoms. The number of hydrogen-bond donors (Lipinski definition) is 1. The minimum Gasteiger partial charge on any atom is -0.406 e. The maximum atomic E-state index is 12.4. The largest absolute Gasteiger partial charge is 0.471 e. The quantitative estimate of drug-likeness (QED) is 0.248. The predicted octanol–water partition coefficient (Wildman–Crippen LogP) is 4.22. The summed E-state index contributed by atoms with van der Waals surface area (Å²) in [5, 5.41) is 1.19. The molecule has 0 aliphatic rings. The highest BCUT2D eigenvalue weighted by atomic mass is 35.5. The zero-order valence-electron chi connectivity index (χ0n) is 15.6. The summed E-state index contributed by atoms with van der Waals surface area (Å²) < 4.78 is 43.2. The number of nitrogens with one attached hydrogen (secondary N) is 1. The van der Waals surface area contributed by atoms with Crippen LogP contribution in [0.5, 0.6) is 0 Å². The van der Waals surface area contributed by atoms with Crippen molar-refractivity contribution in [2.75, 3.05) is 6.61 Å². The van der Waals surface area contributed by atoms with E-state index in [1.54, 1.807) is 5.32 Å². The first kappa shape index (κ1) is 24.4. The maximum absolute atomic E-state index is 12.4. The Balaban J connectivity index is 5.44. The van der Waals surface area contributed by atoms with Crippen LogP contribution in [0.25, 0.3) is 0 Å². The van der Waals surface area contributed by atoms with E-state index < -0.39 is 31.5 Å². The maximum Gasteiger partial charge on any atom is 0.471 e. The van der Waals surface area contributed by atoms with Crippen molar-refractivity contribution >= 4 is 37.8 Å².